The van der Waals surface area contributed by atoms with Crippen LogP contribution in [0.15, 0.2) is 194 Å². The number of halogens is 12. The van der Waals surface area contributed by atoms with Gasteiger partial charge in [0.25, 0.3) is 0 Å². The van der Waals surface area contributed by atoms with Crippen molar-refractivity contribution in [1.29, 1.82) is 5.26 Å². The third-order valence-corrected chi connectivity index (χ3v) is 18.8. The smallest absolute Gasteiger partial charge is 0.207 e. The molecule has 0 saturated carbocycles. The Kier molecular flexibility index (Phi) is 45.9. The number of nitriles is 1. The lowest BCUT2D eigenvalue weighted by Gasteiger charge is -2.12. The van der Waals surface area contributed by atoms with Crippen LogP contribution >= 0.6 is 46.1 Å². The van der Waals surface area contributed by atoms with Crippen LogP contribution in [-0.2, 0) is 6.18 Å². The van der Waals surface area contributed by atoms with Crippen LogP contribution in [0.2, 0.25) is 14.4 Å². The van der Waals surface area contributed by atoms with Crippen molar-refractivity contribution < 1.29 is 39.5 Å². The van der Waals surface area contributed by atoms with Gasteiger partial charge in [-0.1, -0.05) is 275 Å². The summed E-state index contributed by atoms with van der Waals surface area (Å²) >= 11 is 18.9. The molecule has 10 aromatic rings. The maximum atomic E-state index is 13.0. The molecule has 0 spiro atoms. The zero-order chi connectivity index (χ0) is 83.3. The van der Waals surface area contributed by atoms with Gasteiger partial charge in [-0.2, -0.15) is 18.4 Å². The Bertz CT molecular complexity index is 4060. The van der Waals surface area contributed by atoms with Crippen molar-refractivity contribution in [1.82, 2.24) is 0 Å². The Labute approximate surface area is 668 Å². The molecule has 0 bridgehead atoms. The first-order valence-corrected chi connectivity index (χ1v) is 39.1. The van der Waals surface area contributed by atoms with Crippen LogP contribution < -0.4 is 0 Å². The highest BCUT2D eigenvalue weighted by molar-refractivity contribution is 7.16. The summed E-state index contributed by atoms with van der Waals surface area (Å²) in [4.78, 5) is 1.36. The van der Waals surface area contributed by atoms with E-state index in [1.54, 1.807) is 37.3 Å². The number of rotatable bonds is 10. The zero-order valence-corrected chi connectivity index (χ0v) is 71.7. The van der Waals surface area contributed by atoms with Crippen molar-refractivity contribution in [2.75, 3.05) is 0 Å². The van der Waals surface area contributed by atoms with Crippen LogP contribution in [0.5, 0.6) is 0 Å². The average Bonchev–Trinajstić information content (AvgIpc) is 1.34. The van der Waals surface area contributed by atoms with E-state index in [0.29, 0.717) is 63.1 Å². The summed E-state index contributed by atoms with van der Waals surface area (Å²) in [5.41, 5.74) is 13.9. The van der Waals surface area contributed by atoms with Gasteiger partial charge in [0.1, 0.15) is 34.9 Å². The molecule has 0 amide bonds. The molecule has 1 nitrogen and oxygen atoms in total. The van der Waals surface area contributed by atoms with Crippen LogP contribution in [0.25, 0.3) is 0 Å². The number of hydrogen-bond acceptors (Lipinski definition) is 2. The Balaban J connectivity index is 0.000000607. The van der Waals surface area contributed by atoms with Crippen LogP contribution in [0.1, 0.15) is 292 Å². The SMILES string of the molecule is CC(C)c1cc(F)cc(Cl)c1.CC(C)c1cc(F)cc(F)c1.CC(C)c1ccc(C#N)cc1.CC(C)c1ccc(Cl)s1.CC(C)c1ccccc1.Cc1c(F)cc(C(C)C)cc1F.Cc1cc(C(C)C)cc(C(F)(F)F)c1.Cc1cc(C(C)C)ccc1F.Cc1cc(Cl)cc(C(C)C)c1.Cc1ccc(C(C)C)cc1. The average molecular weight is 1580 g/mol. The van der Waals surface area contributed by atoms with Gasteiger partial charge in [0, 0.05) is 26.6 Å². The minimum absolute atomic E-state index is 0.0967. The van der Waals surface area contributed by atoms with E-state index < -0.39 is 35.0 Å². The molecular weight excluding hydrogens is 1460 g/mol. The van der Waals surface area contributed by atoms with Crippen molar-refractivity contribution in [3.63, 3.8) is 0 Å². The number of hydrogen-bond donors (Lipinski definition) is 0. The molecule has 1 aromatic heterocycles. The standard InChI is InChI=1S/C11H13F3.C10H13Cl.C10H12F2.C10H13F.C10H11N.C10H14.C9H10ClF.C9H10F2.C9H12.C7H9ClS/c1-7(2)9-4-8(3)5-10(6-9)11(12,13)14;1-7(2)9-4-8(3)5-10(11)6-9;1-6(2)8-4-9(11)7(3)10(12)5-8;1-7(2)9-4-5-10(11)8(3)6-9;1-8(2)10-5-3-9(7-11)4-6-10;1-8(2)10-6-4-9(3)5-7-10;2*1-6(2)7-3-8(10)5-9(11)4-7;1-8(2)9-6-4-3-5-7-9;1-5(2)6-3-4-7(8)9-6/h4-7H,1-3H3;4-7H,1-3H3;4-6H,1-3H3;4-7H,1-3H3;3-6,8H,1-2H3;4-8H,1-3H3;2*3-6H,1-2H3;3-8H,1-2H3;3-5H,1-2H3. The Hall–Kier alpha value is -7.59. The first-order chi connectivity index (χ1) is 50.6. The van der Waals surface area contributed by atoms with Crippen LogP contribution in [0.3, 0.4) is 0 Å². The summed E-state index contributed by atoms with van der Waals surface area (Å²) in [5.74, 6) is 1.98. The lowest BCUT2D eigenvalue weighted by atomic mass is 9.98. The fourth-order valence-corrected chi connectivity index (χ4v) is 11.2. The van der Waals surface area contributed by atoms with Crippen LogP contribution in [0.4, 0.5) is 39.5 Å². The normalized spacial score (nSPS) is 10.7. The van der Waals surface area contributed by atoms with E-state index in [0.717, 1.165) is 37.7 Å². The fourth-order valence-electron chi connectivity index (χ4n) is 9.62. The maximum absolute atomic E-state index is 13.0. The largest absolute Gasteiger partial charge is 0.416 e. The van der Waals surface area contributed by atoms with Crippen molar-refractivity contribution in [2.24, 2.45) is 0 Å². The third kappa shape index (κ3) is 40.8. The molecule has 0 atom stereocenters. The Morgan fingerprint density at radius 3 is 1.02 bits per heavy atom. The number of thiophene rings is 1. The molecule has 9 aromatic carbocycles. The summed E-state index contributed by atoms with van der Waals surface area (Å²) < 4.78 is 115. The van der Waals surface area contributed by atoms with Crippen molar-refractivity contribution in [3.8, 4) is 6.07 Å². The van der Waals surface area contributed by atoms with Crippen molar-refractivity contribution in [3.05, 3.63) is 337 Å². The molecule has 0 radical (unpaired) electrons. The Morgan fingerprint density at radius 2 is 0.670 bits per heavy atom. The lowest BCUT2D eigenvalue weighted by Crippen LogP contribution is -2.06. The fraction of sp³-hybridized carbons (Fsp3) is 0.379. The minimum Gasteiger partial charge on any atom is -0.207 e. The number of aryl methyl sites for hydroxylation is 4. The number of alkyl halides is 3. The summed E-state index contributed by atoms with van der Waals surface area (Å²) in [6.07, 6.45) is -4.24. The van der Waals surface area contributed by atoms with E-state index >= 15 is 0 Å². The topological polar surface area (TPSA) is 23.8 Å². The summed E-state index contributed by atoms with van der Waals surface area (Å²) in [6, 6.07) is 59.7. The molecule has 0 aliphatic rings. The van der Waals surface area contributed by atoms with Crippen LogP contribution in [-0.4, -0.2) is 0 Å². The predicted molar refractivity (Wildman–Crippen MR) is 451 cm³/mol. The minimum atomic E-state index is -4.24. The van der Waals surface area contributed by atoms with Gasteiger partial charge in [-0.05, 0) is 252 Å². The van der Waals surface area contributed by atoms with E-state index in [9.17, 15) is 39.5 Å². The predicted octanol–water partition coefficient (Wildman–Crippen LogP) is 33.4. The third-order valence-electron chi connectivity index (χ3n) is 16.8. The quantitative estimate of drug-likeness (QED) is 0.125. The lowest BCUT2D eigenvalue weighted by molar-refractivity contribution is -0.137. The Morgan fingerprint density at radius 1 is 0.312 bits per heavy atom. The monoisotopic (exact) mass is 1580 g/mol. The van der Waals surface area contributed by atoms with E-state index in [2.05, 4.69) is 164 Å². The van der Waals surface area contributed by atoms with Gasteiger partial charge in [0.2, 0.25) is 0 Å². The molecule has 0 fully saturated rings. The highest BCUT2D eigenvalue weighted by atomic mass is 35.5. The second kappa shape index (κ2) is 50.3. The molecule has 10 rings (SSSR count). The van der Waals surface area contributed by atoms with Crippen LogP contribution in [0, 0.1) is 80.9 Å². The zero-order valence-electron chi connectivity index (χ0n) is 68.6. The van der Waals surface area contributed by atoms with E-state index in [-0.39, 0.29) is 35.0 Å². The van der Waals surface area contributed by atoms with Gasteiger partial charge < -0.3 is 0 Å². The molecule has 0 N–H and O–H groups in total. The van der Waals surface area contributed by atoms with Gasteiger partial charge in [-0.3, -0.25) is 0 Å². The van der Waals surface area contributed by atoms with Crippen molar-refractivity contribution >= 4 is 46.1 Å². The molecule has 0 saturated heterocycles. The summed E-state index contributed by atoms with van der Waals surface area (Å²) in [6.45, 7) is 50.5. The van der Waals surface area contributed by atoms with Crippen molar-refractivity contribution in [2.45, 2.75) is 238 Å². The second-order valence-electron chi connectivity index (χ2n) is 30.0. The van der Waals surface area contributed by atoms with E-state index in [4.69, 9.17) is 40.1 Å². The number of benzene rings is 9. The van der Waals surface area contributed by atoms with E-state index in [1.165, 1.54) is 105 Å². The molecule has 0 aliphatic carbocycles. The molecule has 592 valence electrons. The van der Waals surface area contributed by atoms with Gasteiger partial charge in [-0.25, -0.2) is 26.3 Å². The molecule has 0 unspecified atom stereocenters. The molecule has 109 heavy (non-hydrogen) atoms. The molecule has 1 heterocycles. The van der Waals surface area contributed by atoms with Gasteiger partial charge in [0.05, 0.1) is 21.5 Å². The van der Waals surface area contributed by atoms with E-state index in [1.807, 2.05) is 116 Å². The summed E-state index contributed by atoms with van der Waals surface area (Å²) in [5, 5.41) is 9.82. The first-order valence-electron chi connectivity index (χ1n) is 37.1. The van der Waals surface area contributed by atoms with Gasteiger partial charge >= 0.3 is 6.18 Å². The van der Waals surface area contributed by atoms with Gasteiger partial charge in [0.15, 0.2) is 0 Å². The summed E-state index contributed by atoms with van der Waals surface area (Å²) in [7, 11) is 0. The first kappa shape index (κ1) is 99.4. The highest BCUT2D eigenvalue weighted by Crippen LogP contribution is 2.33. The molecular formula is C95H117Cl3F9NS. The highest BCUT2D eigenvalue weighted by Gasteiger charge is 2.31. The maximum Gasteiger partial charge on any atom is 0.416 e. The molecule has 0 aliphatic heterocycles. The number of nitrogens with zero attached hydrogens (tertiary/aromatic N) is 1. The second-order valence-corrected chi connectivity index (χ2v) is 32.6. The van der Waals surface area contributed by atoms with Gasteiger partial charge in [-0.15, -0.1) is 11.3 Å². The molecule has 14 heteroatoms.